The van der Waals surface area contributed by atoms with Crippen LogP contribution in [0.25, 0.3) is 0 Å². The highest BCUT2D eigenvalue weighted by molar-refractivity contribution is 4.94. The lowest BCUT2D eigenvalue weighted by Crippen LogP contribution is -2.42. The second-order valence-corrected chi connectivity index (χ2v) is 5.50. The number of nitrogens with zero attached hydrogens (tertiary/aromatic N) is 1. The van der Waals surface area contributed by atoms with E-state index in [1.807, 2.05) is 0 Å². The van der Waals surface area contributed by atoms with E-state index in [4.69, 9.17) is 0 Å². The highest BCUT2D eigenvalue weighted by Gasteiger charge is 2.41. The summed E-state index contributed by atoms with van der Waals surface area (Å²) in [5.41, 5.74) is 0. The van der Waals surface area contributed by atoms with Crippen LogP contribution in [0.1, 0.15) is 46.0 Å². The van der Waals surface area contributed by atoms with Crippen LogP contribution >= 0.6 is 0 Å². The van der Waals surface area contributed by atoms with Crippen molar-refractivity contribution in [3.8, 4) is 0 Å². The molecule has 1 unspecified atom stereocenters. The van der Waals surface area contributed by atoms with Crippen LogP contribution in [0.15, 0.2) is 0 Å². The molecule has 1 saturated heterocycles. The first-order valence-corrected chi connectivity index (χ1v) is 6.44. The summed E-state index contributed by atoms with van der Waals surface area (Å²) in [7, 11) is 2.34. The topological polar surface area (TPSA) is 3.24 Å². The zero-order valence-corrected chi connectivity index (χ0v) is 10.00. The van der Waals surface area contributed by atoms with E-state index >= 15 is 0 Å². The first kappa shape index (κ1) is 10.5. The van der Waals surface area contributed by atoms with Crippen LogP contribution in [0.2, 0.25) is 0 Å². The Hall–Kier alpha value is -0.0400. The number of hydrogen-bond donors (Lipinski definition) is 0. The average molecular weight is 195 g/mol. The Morgan fingerprint density at radius 3 is 2.79 bits per heavy atom. The minimum atomic E-state index is 0.929. The summed E-state index contributed by atoms with van der Waals surface area (Å²) < 4.78 is 0. The fourth-order valence-corrected chi connectivity index (χ4v) is 3.75. The maximum Gasteiger partial charge on any atom is 0.0152 e. The Kier molecular flexibility index (Phi) is 3.16. The van der Waals surface area contributed by atoms with E-state index in [-0.39, 0.29) is 0 Å². The Bertz CT molecular complexity index is 188. The molecule has 1 saturated carbocycles. The van der Waals surface area contributed by atoms with Crippen molar-refractivity contribution in [2.24, 2.45) is 17.8 Å². The summed E-state index contributed by atoms with van der Waals surface area (Å²) in [5.74, 6) is 2.96. The average Bonchev–Trinajstić information content (AvgIpc) is 2.59. The van der Waals surface area contributed by atoms with Gasteiger partial charge >= 0.3 is 0 Å². The van der Waals surface area contributed by atoms with Gasteiger partial charge in [-0.1, -0.05) is 26.7 Å². The van der Waals surface area contributed by atoms with Gasteiger partial charge in [0.2, 0.25) is 0 Å². The summed E-state index contributed by atoms with van der Waals surface area (Å²) >= 11 is 0. The standard InChI is InChI=1S/C13H25N/c1-4-10(2)12-7-5-6-11-8-9-14(3)13(11)12/h10-13H,4-9H2,1-3H3/t10?,11-,12+,13-/m0/s1. The third-order valence-electron chi connectivity index (χ3n) is 4.77. The molecule has 82 valence electrons. The number of rotatable bonds is 2. The second kappa shape index (κ2) is 4.22. The highest BCUT2D eigenvalue weighted by Crippen LogP contribution is 2.42. The molecule has 1 heteroatoms. The van der Waals surface area contributed by atoms with Crippen molar-refractivity contribution < 1.29 is 0 Å². The molecular formula is C13H25N. The van der Waals surface area contributed by atoms with Gasteiger partial charge in [-0.15, -0.1) is 0 Å². The molecule has 0 spiro atoms. The minimum Gasteiger partial charge on any atom is -0.303 e. The molecule has 14 heavy (non-hydrogen) atoms. The fourth-order valence-electron chi connectivity index (χ4n) is 3.75. The highest BCUT2D eigenvalue weighted by atomic mass is 15.2. The summed E-state index contributed by atoms with van der Waals surface area (Å²) in [5, 5.41) is 0. The molecule has 1 nitrogen and oxygen atoms in total. The third kappa shape index (κ3) is 1.71. The maximum atomic E-state index is 2.64. The van der Waals surface area contributed by atoms with E-state index in [9.17, 15) is 0 Å². The lowest BCUT2D eigenvalue weighted by Gasteiger charge is -2.40. The third-order valence-corrected chi connectivity index (χ3v) is 4.77. The predicted molar refractivity (Wildman–Crippen MR) is 61.3 cm³/mol. The van der Waals surface area contributed by atoms with Crippen LogP contribution < -0.4 is 0 Å². The quantitative estimate of drug-likeness (QED) is 0.654. The summed E-state index contributed by atoms with van der Waals surface area (Å²) in [6.07, 6.45) is 7.31. The van der Waals surface area contributed by atoms with Gasteiger partial charge in [0, 0.05) is 6.04 Å². The van der Waals surface area contributed by atoms with E-state index < -0.39 is 0 Å². The van der Waals surface area contributed by atoms with Gasteiger partial charge in [0.25, 0.3) is 0 Å². The van der Waals surface area contributed by atoms with Gasteiger partial charge in [-0.25, -0.2) is 0 Å². The van der Waals surface area contributed by atoms with E-state index in [0.29, 0.717) is 0 Å². The molecule has 0 amide bonds. The van der Waals surface area contributed by atoms with Gasteiger partial charge in [-0.2, -0.15) is 0 Å². The molecule has 0 N–H and O–H groups in total. The Morgan fingerprint density at radius 2 is 2.07 bits per heavy atom. The number of hydrogen-bond acceptors (Lipinski definition) is 1. The normalized spacial score (nSPS) is 40.9. The van der Waals surface area contributed by atoms with Crippen LogP contribution in [0.4, 0.5) is 0 Å². The molecular weight excluding hydrogens is 170 g/mol. The molecule has 1 aliphatic carbocycles. The largest absolute Gasteiger partial charge is 0.303 e. The molecule has 0 radical (unpaired) electrons. The molecule has 0 aromatic carbocycles. The zero-order chi connectivity index (χ0) is 10.1. The van der Waals surface area contributed by atoms with Gasteiger partial charge in [0.1, 0.15) is 0 Å². The van der Waals surface area contributed by atoms with Crippen molar-refractivity contribution in [2.45, 2.75) is 52.0 Å². The van der Waals surface area contributed by atoms with Crippen LogP contribution in [0, 0.1) is 17.8 Å². The lowest BCUT2D eigenvalue weighted by molar-refractivity contribution is 0.0997. The Balaban J connectivity index is 2.08. The first-order chi connectivity index (χ1) is 6.74. The van der Waals surface area contributed by atoms with E-state index in [1.165, 1.54) is 38.6 Å². The number of fused-ring (bicyclic) bond motifs is 1. The van der Waals surface area contributed by atoms with Crippen molar-refractivity contribution in [3.63, 3.8) is 0 Å². The Morgan fingerprint density at radius 1 is 1.29 bits per heavy atom. The maximum absolute atomic E-state index is 2.64. The van der Waals surface area contributed by atoms with E-state index in [0.717, 1.165) is 23.8 Å². The second-order valence-electron chi connectivity index (χ2n) is 5.50. The summed E-state index contributed by atoms with van der Waals surface area (Å²) in [6.45, 7) is 6.16. The van der Waals surface area contributed by atoms with Gasteiger partial charge in [-0.05, 0) is 50.6 Å². The van der Waals surface area contributed by atoms with Gasteiger partial charge < -0.3 is 4.90 Å². The predicted octanol–water partition coefficient (Wildman–Crippen LogP) is 3.15. The minimum absolute atomic E-state index is 0.929. The van der Waals surface area contributed by atoms with Crippen LogP contribution in [-0.4, -0.2) is 24.5 Å². The summed E-state index contributed by atoms with van der Waals surface area (Å²) in [4.78, 5) is 2.64. The van der Waals surface area contributed by atoms with Crippen molar-refractivity contribution in [3.05, 3.63) is 0 Å². The molecule has 2 rings (SSSR count). The SMILES string of the molecule is CCC(C)[C@H]1CCC[C@H]2CCN(C)[C@@H]21. The van der Waals surface area contributed by atoms with Gasteiger partial charge in [-0.3, -0.25) is 0 Å². The molecule has 1 aliphatic heterocycles. The molecule has 2 aliphatic rings. The van der Waals surface area contributed by atoms with E-state index in [1.54, 1.807) is 0 Å². The van der Waals surface area contributed by atoms with E-state index in [2.05, 4.69) is 25.8 Å². The molecule has 1 heterocycles. The van der Waals surface area contributed by atoms with Crippen molar-refractivity contribution in [1.29, 1.82) is 0 Å². The molecule has 4 atom stereocenters. The fraction of sp³-hybridized carbons (Fsp3) is 1.00. The number of likely N-dealkylation sites (tertiary alicyclic amines) is 1. The van der Waals surface area contributed by atoms with Crippen LogP contribution in [0.3, 0.4) is 0 Å². The molecule has 0 aromatic heterocycles. The van der Waals surface area contributed by atoms with Gasteiger partial charge in [0.15, 0.2) is 0 Å². The van der Waals surface area contributed by atoms with Gasteiger partial charge in [0.05, 0.1) is 0 Å². The molecule has 2 fully saturated rings. The van der Waals surface area contributed by atoms with Crippen LogP contribution in [-0.2, 0) is 0 Å². The molecule has 0 aromatic rings. The molecule has 0 bridgehead atoms. The van der Waals surface area contributed by atoms with Crippen LogP contribution in [0.5, 0.6) is 0 Å². The zero-order valence-electron chi connectivity index (χ0n) is 10.00. The van der Waals surface area contributed by atoms with Crippen molar-refractivity contribution in [2.75, 3.05) is 13.6 Å². The van der Waals surface area contributed by atoms with Crippen molar-refractivity contribution >= 4 is 0 Å². The smallest absolute Gasteiger partial charge is 0.0152 e. The monoisotopic (exact) mass is 195 g/mol. The lowest BCUT2D eigenvalue weighted by atomic mass is 9.71. The Labute approximate surface area is 88.9 Å². The first-order valence-electron chi connectivity index (χ1n) is 6.44. The summed E-state index contributed by atoms with van der Waals surface area (Å²) in [6, 6.07) is 0.929. The van der Waals surface area contributed by atoms with Crippen molar-refractivity contribution in [1.82, 2.24) is 4.90 Å².